The summed E-state index contributed by atoms with van der Waals surface area (Å²) >= 11 is 19.4. The Morgan fingerprint density at radius 3 is 2.43 bits per heavy atom. The van der Waals surface area contributed by atoms with Crippen molar-refractivity contribution in [1.29, 1.82) is 0 Å². The van der Waals surface area contributed by atoms with E-state index in [9.17, 15) is 4.79 Å². The van der Waals surface area contributed by atoms with Gasteiger partial charge >= 0.3 is 0 Å². The zero-order valence-corrected chi connectivity index (χ0v) is 19.1. The third kappa shape index (κ3) is 4.30. The second kappa shape index (κ2) is 8.52. The minimum atomic E-state index is -0.174. The molecule has 3 aromatic rings. The van der Waals surface area contributed by atoms with Crippen LogP contribution in [0.4, 0.5) is 5.69 Å². The number of hydrogen-bond donors (Lipinski definition) is 1. The van der Waals surface area contributed by atoms with Gasteiger partial charge in [0.05, 0.1) is 20.6 Å². The van der Waals surface area contributed by atoms with Gasteiger partial charge in [-0.05, 0) is 85.8 Å². The lowest BCUT2D eigenvalue weighted by atomic mass is 10.2. The maximum absolute atomic E-state index is 12.4. The van der Waals surface area contributed by atoms with Crippen molar-refractivity contribution in [2.45, 2.75) is 13.8 Å². The Morgan fingerprint density at radius 2 is 1.73 bits per heavy atom. The fourth-order valence-electron chi connectivity index (χ4n) is 3.21. The quantitative estimate of drug-likeness (QED) is 0.416. The van der Waals surface area contributed by atoms with E-state index in [1.54, 1.807) is 30.3 Å². The SMILES string of the molecule is Cc1cc(/C=C2\SC(=Nc3ccc(Cl)cc3)NC2=O)c(C)n1-c1ccc(Cl)c(Cl)c1. The van der Waals surface area contributed by atoms with Crippen LogP contribution in [0.15, 0.2) is 58.4 Å². The molecule has 1 N–H and O–H groups in total. The summed E-state index contributed by atoms with van der Waals surface area (Å²) in [5.74, 6) is -0.174. The number of rotatable bonds is 3. The molecule has 1 amide bonds. The van der Waals surface area contributed by atoms with Crippen LogP contribution in [0, 0.1) is 13.8 Å². The molecule has 0 radical (unpaired) electrons. The maximum atomic E-state index is 12.4. The average Bonchev–Trinajstić information content (AvgIpc) is 3.18. The number of carbonyl (C=O) groups is 1. The Hall–Kier alpha value is -2.18. The highest BCUT2D eigenvalue weighted by Crippen LogP contribution is 2.32. The molecule has 1 fully saturated rings. The van der Waals surface area contributed by atoms with Gasteiger partial charge in [0.15, 0.2) is 5.17 Å². The van der Waals surface area contributed by atoms with Crippen molar-refractivity contribution < 1.29 is 4.79 Å². The van der Waals surface area contributed by atoms with Crippen molar-refractivity contribution in [3.8, 4) is 5.69 Å². The number of carbonyl (C=O) groups excluding carboxylic acids is 1. The summed E-state index contributed by atoms with van der Waals surface area (Å²) in [5.41, 5.74) is 4.61. The van der Waals surface area contributed by atoms with Crippen LogP contribution in [0.3, 0.4) is 0 Å². The Labute approximate surface area is 193 Å². The molecule has 4 rings (SSSR count). The lowest BCUT2D eigenvalue weighted by Gasteiger charge is -2.10. The zero-order chi connectivity index (χ0) is 21.4. The highest BCUT2D eigenvalue weighted by Gasteiger charge is 2.24. The molecule has 152 valence electrons. The molecule has 1 aliphatic heterocycles. The van der Waals surface area contributed by atoms with Crippen molar-refractivity contribution in [2.24, 2.45) is 4.99 Å². The van der Waals surface area contributed by atoms with Crippen LogP contribution >= 0.6 is 46.6 Å². The van der Waals surface area contributed by atoms with Crippen molar-refractivity contribution in [2.75, 3.05) is 0 Å². The molecule has 1 aromatic heterocycles. The Balaban J connectivity index is 1.64. The number of nitrogens with one attached hydrogen (secondary N) is 1. The van der Waals surface area contributed by atoms with Gasteiger partial charge in [-0.2, -0.15) is 0 Å². The predicted octanol–water partition coefficient (Wildman–Crippen LogP) is 6.95. The first-order valence-electron chi connectivity index (χ1n) is 9.01. The molecular formula is C22H16Cl3N3OS. The van der Waals surface area contributed by atoms with E-state index in [1.165, 1.54) is 11.8 Å². The van der Waals surface area contributed by atoms with Crippen LogP contribution in [0.25, 0.3) is 11.8 Å². The monoisotopic (exact) mass is 475 g/mol. The fourth-order valence-corrected chi connectivity index (χ4v) is 4.46. The minimum Gasteiger partial charge on any atom is -0.318 e. The summed E-state index contributed by atoms with van der Waals surface area (Å²) in [4.78, 5) is 17.5. The maximum Gasteiger partial charge on any atom is 0.264 e. The van der Waals surface area contributed by atoms with Crippen LogP contribution in [-0.2, 0) is 4.79 Å². The number of aliphatic imine (C=N–C) groups is 1. The van der Waals surface area contributed by atoms with E-state index < -0.39 is 0 Å². The van der Waals surface area contributed by atoms with Gasteiger partial charge in [-0.15, -0.1) is 0 Å². The Bertz CT molecular complexity index is 1210. The van der Waals surface area contributed by atoms with E-state index in [0.717, 1.165) is 28.3 Å². The van der Waals surface area contributed by atoms with Gasteiger partial charge in [-0.1, -0.05) is 34.8 Å². The van der Waals surface area contributed by atoms with Gasteiger partial charge in [0.25, 0.3) is 5.91 Å². The number of nitrogens with zero attached hydrogens (tertiary/aromatic N) is 2. The number of amidine groups is 1. The summed E-state index contributed by atoms with van der Waals surface area (Å²) in [7, 11) is 0. The van der Waals surface area contributed by atoms with Crippen LogP contribution in [0.5, 0.6) is 0 Å². The molecule has 0 bridgehead atoms. The Kier molecular flexibility index (Phi) is 5.98. The molecule has 8 heteroatoms. The fraction of sp³-hybridized carbons (Fsp3) is 0.0909. The number of aromatic nitrogens is 1. The third-order valence-corrected chi connectivity index (χ3v) is 6.53. The molecular weight excluding hydrogens is 461 g/mol. The van der Waals surface area contributed by atoms with Crippen LogP contribution in [-0.4, -0.2) is 15.6 Å². The van der Waals surface area contributed by atoms with Gasteiger partial charge in [0.1, 0.15) is 0 Å². The van der Waals surface area contributed by atoms with E-state index in [-0.39, 0.29) is 5.91 Å². The molecule has 0 unspecified atom stereocenters. The van der Waals surface area contributed by atoms with Crippen molar-refractivity contribution in [3.63, 3.8) is 0 Å². The smallest absolute Gasteiger partial charge is 0.264 e. The van der Waals surface area contributed by atoms with E-state index >= 15 is 0 Å². The largest absolute Gasteiger partial charge is 0.318 e. The summed E-state index contributed by atoms with van der Waals surface area (Å²) in [5, 5.41) is 4.99. The lowest BCUT2D eigenvalue weighted by Crippen LogP contribution is -2.19. The standard InChI is InChI=1S/C22H16Cl3N3OS/c1-12-9-14(13(2)28(12)17-7-8-18(24)19(25)11-17)10-20-21(29)27-22(30-20)26-16-5-3-15(23)4-6-16/h3-11H,1-2H3,(H,26,27,29)/b20-10-. The molecule has 2 heterocycles. The summed E-state index contributed by atoms with van der Waals surface area (Å²) in [6.07, 6.45) is 1.88. The van der Waals surface area contributed by atoms with Crippen LogP contribution in [0.1, 0.15) is 17.0 Å². The molecule has 0 aliphatic carbocycles. The molecule has 4 nitrogen and oxygen atoms in total. The van der Waals surface area contributed by atoms with E-state index in [0.29, 0.717) is 25.1 Å². The minimum absolute atomic E-state index is 0.174. The zero-order valence-electron chi connectivity index (χ0n) is 16.0. The molecule has 0 saturated carbocycles. The number of halogens is 3. The second-order valence-corrected chi connectivity index (χ2v) is 9.00. The molecule has 30 heavy (non-hydrogen) atoms. The van der Waals surface area contributed by atoms with Crippen molar-refractivity contribution >= 4 is 69.4 Å². The van der Waals surface area contributed by atoms with Gasteiger partial charge in [-0.3, -0.25) is 4.79 Å². The third-order valence-electron chi connectivity index (χ3n) is 4.63. The van der Waals surface area contributed by atoms with Crippen LogP contribution < -0.4 is 5.32 Å². The van der Waals surface area contributed by atoms with E-state index in [4.69, 9.17) is 34.8 Å². The second-order valence-electron chi connectivity index (χ2n) is 6.72. The Morgan fingerprint density at radius 1 is 1.00 bits per heavy atom. The first-order chi connectivity index (χ1) is 14.3. The van der Waals surface area contributed by atoms with Gasteiger partial charge in [-0.25, -0.2) is 4.99 Å². The summed E-state index contributed by atoms with van der Waals surface area (Å²) in [6.45, 7) is 4.01. The van der Waals surface area contributed by atoms with Crippen molar-refractivity contribution in [1.82, 2.24) is 9.88 Å². The normalized spacial score (nSPS) is 16.5. The molecule has 1 saturated heterocycles. The van der Waals surface area contributed by atoms with Crippen LogP contribution in [0.2, 0.25) is 15.1 Å². The summed E-state index contributed by atoms with van der Waals surface area (Å²) in [6, 6.07) is 14.7. The molecule has 1 aliphatic rings. The topological polar surface area (TPSA) is 46.4 Å². The van der Waals surface area contributed by atoms with E-state index in [1.807, 2.05) is 38.1 Å². The molecule has 0 spiro atoms. The first kappa shape index (κ1) is 21.1. The van der Waals surface area contributed by atoms with Gasteiger partial charge in [0.2, 0.25) is 0 Å². The number of benzene rings is 2. The first-order valence-corrected chi connectivity index (χ1v) is 11.0. The number of amides is 1. The highest BCUT2D eigenvalue weighted by molar-refractivity contribution is 8.18. The number of thioether (sulfide) groups is 1. The van der Waals surface area contributed by atoms with Crippen molar-refractivity contribution in [3.05, 3.63) is 85.5 Å². The average molecular weight is 477 g/mol. The lowest BCUT2D eigenvalue weighted by molar-refractivity contribution is -0.115. The highest BCUT2D eigenvalue weighted by atomic mass is 35.5. The molecule has 0 atom stereocenters. The molecule has 2 aromatic carbocycles. The predicted molar refractivity (Wildman–Crippen MR) is 128 cm³/mol. The van der Waals surface area contributed by atoms with E-state index in [2.05, 4.69) is 14.9 Å². The van der Waals surface area contributed by atoms with Gasteiger partial charge in [0, 0.05) is 22.1 Å². The number of aryl methyl sites for hydroxylation is 1. The number of hydrogen-bond acceptors (Lipinski definition) is 3. The summed E-state index contributed by atoms with van der Waals surface area (Å²) < 4.78 is 2.08. The van der Waals surface area contributed by atoms with Gasteiger partial charge < -0.3 is 9.88 Å².